The van der Waals surface area contributed by atoms with Crippen LogP contribution in [0.25, 0.3) is 0 Å². The second kappa shape index (κ2) is 2.73. The van der Waals surface area contributed by atoms with Crippen LogP contribution in [0.15, 0.2) is 0 Å². The first-order valence-corrected chi connectivity index (χ1v) is 3.61. The van der Waals surface area contributed by atoms with Gasteiger partial charge in [0, 0.05) is 6.42 Å². The number of hydrogen-bond acceptors (Lipinski definition) is 3. The van der Waals surface area contributed by atoms with Gasteiger partial charge in [0.05, 0.1) is 6.61 Å². The van der Waals surface area contributed by atoms with Crippen LogP contribution in [0.5, 0.6) is 0 Å². The summed E-state index contributed by atoms with van der Waals surface area (Å²) < 4.78 is 17.5. The molecule has 0 saturated heterocycles. The Balaban J connectivity index is 2.54. The number of carbonyl (C=O) groups is 2. The molecule has 1 fully saturated rings. The minimum atomic E-state index is -2.26. The van der Waals surface area contributed by atoms with Gasteiger partial charge in [0.15, 0.2) is 0 Å². The summed E-state index contributed by atoms with van der Waals surface area (Å²) >= 11 is 0. The molecule has 0 heterocycles. The number of alkyl halides is 1. The summed E-state index contributed by atoms with van der Waals surface area (Å²) in [6.45, 7) is 1.61. The molecular weight excluding hydrogens is 167 g/mol. The van der Waals surface area contributed by atoms with Crippen molar-refractivity contribution in [1.29, 1.82) is 0 Å². The lowest BCUT2D eigenvalue weighted by atomic mass is 10.3. The highest BCUT2D eigenvalue weighted by Crippen LogP contribution is 2.48. The molecule has 1 rings (SSSR count). The minimum Gasteiger partial charge on any atom is -0.481 e. The lowest BCUT2D eigenvalue weighted by Crippen LogP contribution is -2.25. The molecular formula is C7H9FO4. The number of rotatable bonds is 3. The predicted octanol–water partition coefficient (Wildman–Crippen LogP) is 0.362. The topological polar surface area (TPSA) is 63.6 Å². The standard InChI is InChI=1S/C7H9FO4/c1-2-12-6(11)7(8)3-4(7)5(9)10/h4H,2-3H2,1H3,(H,9,10)/t4-,7-/m0/s1. The van der Waals surface area contributed by atoms with Gasteiger partial charge in [-0.2, -0.15) is 0 Å². The van der Waals surface area contributed by atoms with Gasteiger partial charge in [-0.25, -0.2) is 9.18 Å². The third-order valence-electron chi connectivity index (χ3n) is 1.81. The lowest BCUT2D eigenvalue weighted by molar-refractivity contribution is -0.154. The summed E-state index contributed by atoms with van der Waals surface area (Å²) in [6.07, 6.45) is -0.263. The molecule has 0 radical (unpaired) electrons. The van der Waals surface area contributed by atoms with Gasteiger partial charge < -0.3 is 9.84 Å². The maximum Gasteiger partial charge on any atom is 0.344 e. The second-order valence-corrected chi connectivity index (χ2v) is 2.68. The smallest absolute Gasteiger partial charge is 0.344 e. The molecule has 68 valence electrons. The Kier molecular flexibility index (Phi) is 2.04. The lowest BCUT2D eigenvalue weighted by Gasteiger charge is -2.04. The van der Waals surface area contributed by atoms with Gasteiger partial charge in [-0.3, -0.25) is 4.79 Å². The molecule has 0 aromatic rings. The number of esters is 1. The molecule has 2 atom stereocenters. The zero-order chi connectivity index (χ0) is 9.35. The van der Waals surface area contributed by atoms with Crippen LogP contribution in [-0.2, 0) is 14.3 Å². The van der Waals surface area contributed by atoms with Crippen molar-refractivity contribution in [3.8, 4) is 0 Å². The van der Waals surface area contributed by atoms with Gasteiger partial charge in [0.1, 0.15) is 5.92 Å². The van der Waals surface area contributed by atoms with Crippen molar-refractivity contribution in [1.82, 2.24) is 0 Å². The zero-order valence-corrected chi connectivity index (χ0v) is 6.54. The van der Waals surface area contributed by atoms with Crippen molar-refractivity contribution < 1.29 is 23.8 Å². The van der Waals surface area contributed by atoms with Crippen LogP contribution < -0.4 is 0 Å². The summed E-state index contributed by atoms with van der Waals surface area (Å²) in [4.78, 5) is 21.0. The van der Waals surface area contributed by atoms with E-state index < -0.39 is 23.5 Å². The van der Waals surface area contributed by atoms with E-state index in [1.54, 1.807) is 6.92 Å². The molecule has 0 aromatic carbocycles. The average molecular weight is 176 g/mol. The number of hydrogen-bond donors (Lipinski definition) is 1. The predicted molar refractivity (Wildman–Crippen MR) is 36.2 cm³/mol. The second-order valence-electron chi connectivity index (χ2n) is 2.68. The largest absolute Gasteiger partial charge is 0.481 e. The fourth-order valence-electron chi connectivity index (χ4n) is 0.998. The van der Waals surface area contributed by atoms with E-state index in [-0.39, 0.29) is 13.0 Å². The molecule has 0 amide bonds. The number of carbonyl (C=O) groups excluding carboxylic acids is 1. The van der Waals surface area contributed by atoms with E-state index in [1.807, 2.05) is 0 Å². The van der Waals surface area contributed by atoms with Gasteiger partial charge in [-0.1, -0.05) is 0 Å². The van der Waals surface area contributed by atoms with E-state index in [0.717, 1.165) is 0 Å². The van der Waals surface area contributed by atoms with Crippen LogP contribution in [0.1, 0.15) is 13.3 Å². The van der Waals surface area contributed by atoms with E-state index in [0.29, 0.717) is 0 Å². The Hall–Kier alpha value is -1.13. The summed E-state index contributed by atoms with van der Waals surface area (Å²) in [7, 11) is 0. The molecule has 1 saturated carbocycles. The monoisotopic (exact) mass is 176 g/mol. The van der Waals surface area contributed by atoms with Gasteiger partial charge in [-0.05, 0) is 6.92 Å². The number of carboxylic acid groups (broad SMARTS) is 1. The van der Waals surface area contributed by atoms with Crippen LogP contribution in [0, 0.1) is 5.92 Å². The van der Waals surface area contributed by atoms with Gasteiger partial charge in [0.25, 0.3) is 0 Å². The van der Waals surface area contributed by atoms with E-state index >= 15 is 0 Å². The Morgan fingerprint density at radius 2 is 2.33 bits per heavy atom. The fraction of sp³-hybridized carbons (Fsp3) is 0.714. The van der Waals surface area contributed by atoms with Crippen molar-refractivity contribution in [2.75, 3.05) is 6.61 Å². The molecule has 4 nitrogen and oxygen atoms in total. The molecule has 0 bridgehead atoms. The Labute approximate surface area is 68.3 Å². The van der Waals surface area contributed by atoms with E-state index in [2.05, 4.69) is 4.74 Å². The molecule has 1 aliphatic carbocycles. The minimum absolute atomic E-state index is 0.0663. The van der Waals surface area contributed by atoms with Crippen LogP contribution >= 0.6 is 0 Å². The maximum absolute atomic E-state index is 13.1. The summed E-state index contributed by atoms with van der Waals surface area (Å²) in [5, 5.41) is 8.36. The number of carboxylic acids is 1. The zero-order valence-electron chi connectivity index (χ0n) is 6.54. The van der Waals surface area contributed by atoms with E-state index in [9.17, 15) is 14.0 Å². The summed E-state index contributed by atoms with van der Waals surface area (Å²) in [6, 6.07) is 0. The maximum atomic E-state index is 13.1. The molecule has 0 aliphatic heterocycles. The molecule has 0 spiro atoms. The highest BCUT2D eigenvalue weighted by molar-refractivity contribution is 5.92. The Morgan fingerprint density at radius 1 is 1.75 bits per heavy atom. The Bertz CT molecular complexity index is 227. The molecule has 0 aromatic heterocycles. The van der Waals surface area contributed by atoms with E-state index in [4.69, 9.17) is 5.11 Å². The fourth-order valence-corrected chi connectivity index (χ4v) is 0.998. The van der Waals surface area contributed by atoms with E-state index in [1.165, 1.54) is 0 Å². The van der Waals surface area contributed by atoms with Crippen LogP contribution in [0.4, 0.5) is 4.39 Å². The quantitative estimate of drug-likeness (QED) is 0.630. The SMILES string of the molecule is CCOC(=O)[C@]1(F)C[C@H]1C(=O)O. The highest BCUT2D eigenvalue weighted by Gasteiger charge is 2.67. The molecule has 5 heteroatoms. The van der Waals surface area contributed by atoms with Gasteiger partial charge in [0.2, 0.25) is 5.67 Å². The molecule has 12 heavy (non-hydrogen) atoms. The third-order valence-corrected chi connectivity index (χ3v) is 1.81. The molecule has 0 unspecified atom stereocenters. The van der Waals surface area contributed by atoms with Crippen LogP contribution in [0.3, 0.4) is 0 Å². The average Bonchev–Trinajstić information content (AvgIpc) is 2.65. The van der Waals surface area contributed by atoms with Crippen molar-refractivity contribution in [2.24, 2.45) is 5.92 Å². The van der Waals surface area contributed by atoms with Crippen LogP contribution in [-0.4, -0.2) is 29.3 Å². The number of ether oxygens (including phenoxy) is 1. The van der Waals surface area contributed by atoms with Gasteiger partial charge >= 0.3 is 11.9 Å². The normalized spacial score (nSPS) is 32.7. The number of halogens is 1. The Morgan fingerprint density at radius 3 is 2.67 bits per heavy atom. The van der Waals surface area contributed by atoms with Gasteiger partial charge in [-0.15, -0.1) is 0 Å². The van der Waals surface area contributed by atoms with Crippen molar-refractivity contribution in [2.45, 2.75) is 19.0 Å². The van der Waals surface area contributed by atoms with Crippen molar-refractivity contribution in [3.63, 3.8) is 0 Å². The van der Waals surface area contributed by atoms with Crippen molar-refractivity contribution >= 4 is 11.9 Å². The molecule has 1 N–H and O–H groups in total. The van der Waals surface area contributed by atoms with Crippen LogP contribution in [0.2, 0.25) is 0 Å². The number of aliphatic carboxylic acids is 1. The molecule has 1 aliphatic rings. The highest BCUT2D eigenvalue weighted by atomic mass is 19.1. The summed E-state index contributed by atoms with van der Waals surface area (Å²) in [5.41, 5.74) is -2.26. The van der Waals surface area contributed by atoms with Crippen molar-refractivity contribution in [3.05, 3.63) is 0 Å². The first-order valence-electron chi connectivity index (χ1n) is 3.61. The summed E-state index contributed by atoms with van der Waals surface area (Å²) in [5.74, 6) is -3.56. The first kappa shape index (κ1) is 8.96. The third kappa shape index (κ3) is 1.26. The first-order chi connectivity index (χ1) is 5.52.